The molecule has 2 aliphatic rings. The van der Waals surface area contributed by atoms with Crippen LogP contribution in [0.2, 0.25) is 0 Å². The van der Waals surface area contributed by atoms with Gasteiger partial charge in [0.1, 0.15) is 0 Å². The highest BCUT2D eigenvalue weighted by Gasteiger charge is 2.41. The number of hydrogen-bond acceptors (Lipinski definition) is 2. The normalized spacial score (nSPS) is 40.3. The van der Waals surface area contributed by atoms with Gasteiger partial charge in [-0.25, -0.2) is 0 Å². The zero-order chi connectivity index (χ0) is 11.6. The molecule has 0 bridgehead atoms. The average molecular weight is 222 g/mol. The van der Waals surface area contributed by atoms with Crippen molar-refractivity contribution in [3.63, 3.8) is 0 Å². The minimum Gasteiger partial charge on any atom is -0.348 e. The second-order valence-electron chi connectivity index (χ2n) is 5.24. The lowest BCUT2D eigenvalue weighted by Gasteiger charge is -2.45. The van der Waals surface area contributed by atoms with E-state index in [2.05, 4.69) is 19.9 Å². The molecule has 1 aliphatic carbocycles. The van der Waals surface area contributed by atoms with Crippen molar-refractivity contribution in [3.8, 4) is 0 Å². The van der Waals surface area contributed by atoms with E-state index in [1.807, 2.05) is 19.1 Å². The van der Waals surface area contributed by atoms with Gasteiger partial charge in [0.25, 0.3) is 0 Å². The molecule has 2 heteroatoms. The maximum atomic E-state index is 5.78. The van der Waals surface area contributed by atoms with Gasteiger partial charge in [-0.05, 0) is 38.7 Å². The van der Waals surface area contributed by atoms with Crippen molar-refractivity contribution in [3.05, 3.63) is 23.8 Å². The zero-order valence-electron chi connectivity index (χ0n) is 10.5. The second-order valence-corrected chi connectivity index (χ2v) is 5.24. The minimum absolute atomic E-state index is 0.130. The van der Waals surface area contributed by atoms with Gasteiger partial charge in [0.2, 0.25) is 0 Å². The highest BCUT2D eigenvalue weighted by molar-refractivity contribution is 5.10. The molecule has 1 unspecified atom stereocenters. The molecule has 1 atom stereocenters. The summed E-state index contributed by atoms with van der Waals surface area (Å²) in [6.45, 7) is 8.18. The fourth-order valence-corrected chi connectivity index (χ4v) is 2.62. The smallest absolute Gasteiger partial charge is 0.176 e. The van der Waals surface area contributed by atoms with Crippen LogP contribution in [0, 0.1) is 11.3 Å². The fourth-order valence-electron chi connectivity index (χ4n) is 2.62. The third-order valence-electron chi connectivity index (χ3n) is 3.95. The molecule has 2 nitrogen and oxygen atoms in total. The maximum Gasteiger partial charge on any atom is 0.176 e. The van der Waals surface area contributed by atoms with E-state index < -0.39 is 0 Å². The number of ether oxygens (including phenoxy) is 2. The highest BCUT2D eigenvalue weighted by atomic mass is 16.7. The van der Waals surface area contributed by atoms with Gasteiger partial charge in [0.05, 0.1) is 13.2 Å². The molecule has 1 heterocycles. The molecule has 2 rings (SSSR count). The van der Waals surface area contributed by atoms with Gasteiger partial charge in [-0.1, -0.05) is 24.6 Å². The van der Waals surface area contributed by atoms with Crippen LogP contribution in [0.25, 0.3) is 0 Å². The minimum atomic E-state index is -0.130. The van der Waals surface area contributed by atoms with Crippen molar-refractivity contribution in [1.29, 1.82) is 0 Å². The molecule has 0 saturated carbocycles. The third kappa shape index (κ3) is 2.23. The van der Waals surface area contributed by atoms with Gasteiger partial charge in [0.15, 0.2) is 6.29 Å². The lowest BCUT2D eigenvalue weighted by molar-refractivity contribution is -0.219. The molecule has 1 aliphatic heterocycles. The van der Waals surface area contributed by atoms with E-state index in [1.54, 1.807) is 0 Å². The van der Waals surface area contributed by atoms with Crippen LogP contribution in [0.5, 0.6) is 0 Å². The summed E-state index contributed by atoms with van der Waals surface area (Å²) in [4.78, 5) is 0. The van der Waals surface area contributed by atoms with Crippen molar-refractivity contribution in [2.24, 2.45) is 11.3 Å². The van der Waals surface area contributed by atoms with Crippen molar-refractivity contribution in [2.75, 3.05) is 13.2 Å². The van der Waals surface area contributed by atoms with Crippen LogP contribution >= 0.6 is 0 Å². The van der Waals surface area contributed by atoms with E-state index in [4.69, 9.17) is 9.47 Å². The Labute approximate surface area is 98.3 Å². The van der Waals surface area contributed by atoms with E-state index >= 15 is 0 Å². The Morgan fingerprint density at radius 3 is 2.62 bits per heavy atom. The first-order chi connectivity index (χ1) is 7.66. The van der Waals surface area contributed by atoms with Gasteiger partial charge in [-0.3, -0.25) is 0 Å². The Morgan fingerprint density at radius 2 is 2.06 bits per heavy atom. The number of allylic oxidation sites excluding steroid dienone is 3. The van der Waals surface area contributed by atoms with Crippen LogP contribution in [0.4, 0.5) is 0 Å². The molecule has 0 aromatic heterocycles. The average Bonchev–Trinajstić information content (AvgIpc) is 2.27. The van der Waals surface area contributed by atoms with Crippen LogP contribution in [0.3, 0.4) is 0 Å². The first-order valence-corrected chi connectivity index (χ1v) is 6.18. The summed E-state index contributed by atoms with van der Waals surface area (Å²) < 4.78 is 11.6. The van der Waals surface area contributed by atoms with Crippen molar-refractivity contribution >= 4 is 0 Å². The first-order valence-electron chi connectivity index (χ1n) is 6.18. The topological polar surface area (TPSA) is 18.5 Å². The molecular weight excluding hydrogens is 200 g/mol. The van der Waals surface area contributed by atoms with E-state index in [0.29, 0.717) is 5.92 Å². The maximum absolute atomic E-state index is 5.78. The second kappa shape index (κ2) is 4.72. The highest BCUT2D eigenvalue weighted by Crippen LogP contribution is 2.43. The first kappa shape index (κ1) is 11.9. The summed E-state index contributed by atoms with van der Waals surface area (Å²) in [5.41, 5.74) is 1.73. The Balaban J connectivity index is 2.01. The van der Waals surface area contributed by atoms with E-state index in [0.717, 1.165) is 19.6 Å². The quantitative estimate of drug-likeness (QED) is 0.634. The number of hydrogen-bond donors (Lipinski definition) is 0. The molecule has 0 amide bonds. The number of rotatable bonds is 1. The predicted molar refractivity (Wildman–Crippen MR) is 65.1 cm³/mol. The molecule has 1 fully saturated rings. The van der Waals surface area contributed by atoms with Crippen molar-refractivity contribution < 1.29 is 9.47 Å². The van der Waals surface area contributed by atoms with Gasteiger partial charge < -0.3 is 9.47 Å². The largest absolute Gasteiger partial charge is 0.348 e. The van der Waals surface area contributed by atoms with Crippen LogP contribution in [-0.4, -0.2) is 19.5 Å². The van der Waals surface area contributed by atoms with Crippen molar-refractivity contribution in [1.82, 2.24) is 0 Å². The molecule has 0 aromatic carbocycles. The standard InChI is InChI=1S/C14H22O2/c1-4-5-13-15-9-14(10-16-13)7-6-11(2)8-12(14)3/h4-6,12-13H,7-10H2,1-3H3/b5-4-. The predicted octanol–water partition coefficient (Wildman–Crippen LogP) is 3.30. The molecule has 0 aromatic rings. The van der Waals surface area contributed by atoms with Gasteiger partial charge in [0, 0.05) is 5.41 Å². The summed E-state index contributed by atoms with van der Waals surface area (Å²) in [7, 11) is 0. The van der Waals surface area contributed by atoms with Crippen LogP contribution in [0.15, 0.2) is 23.8 Å². The van der Waals surface area contributed by atoms with Crippen LogP contribution in [-0.2, 0) is 9.47 Å². The molecule has 16 heavy (non-hydrogen) atoms. The molecule has 1 saturated heterocycles. The van der Waals surface area contributed by atoms with Gasteiger partial charge in [-0.2, -0.15) is 0 Å². The van der Waals surface area contributed by atoms with E-state index in [-0.39, 0.29) is 11.7 Å². The molecule has 0 N–H and O–H groups in total. The molecular formula is C14H22O2. The Kier molecular flexibility index (Phi) is 3.50. The summed E-state index contributed by atoms with van der Waals surface area (Å²) in [5.74, 6) is 0.657. The lowest BCUT2D eigenvalue weighted by Crippen LogP contribution is -2.46. The SMILES string of the molecule is C/C=C\C1OCC2(CC=C(C)CC2C)CO1. The molecule has 0 radical (unpaired) electrons. The third-order valence-corrected chi connectivity index (χ3v) is 3.95. The van der Waals surface area contributed by atoms with Crippen LogP contribution in [0.1, 0.15) is 33.6 Å². The molecule has 1 spiro atoms. The summed E-state index contributed by atoms with van der Waals surface area (Å²) in [6, 6.07) is 0. The Hall–Kier alpha value is -0.600. The van der Waals surface area contributed by atoms with E-state index in [1.165, 1.54) is 12.0 Å². The van der Waals surface area contributed by atoms with E-state index in [9.17, 15) is 0 Å². The van der Waals surface area contributed by atoms with Crippen molar-refractivity contribution in [2.45, 2.75) is 39.9 Å². The zero-order valence-corrected chi connectivity index (χ0v) is 10.5. The summed E-state index contributed by atoms with van der Waals surface area (Å²) in [5, 5.41) is 0. The Morgan fingerprint density at radius 1 is 1.38 bits per heavy atom. The van der Waals surface area contributed by atoms with Gasteiger partial charge in [-0.15, -0.1) is 0 Å². The molecule has 90 valence electrons. The fraction of sp³-hybridized carbons (Fsp3) is 0.714. The Bertz CT molecular complexity index is 296. The van der Waals surface area contributed by atoms with Crippen LogP contribution < -0.4 is 0 Å². The lowest BCUT2D eigenvalue weighted by atomic mass is 9.68. The summed E-state index contributed by atoms with van der Waals surface area (Å²) in [6.07, 6.45) is 8.46. The summed E-state index contributed by atoms with van der Waals surface area (Å²) >= 11 is 0. The monoisotopic (exact) mass is 222 g/mol. The van der Waals surface area contributed by atoms with Gasteiger partial charge >= 0.3 is 0 Å².